The van der Waals surface area contributed by atoms with Gasteiger partial charge in [0.05, 0.1) is 5.56 Å². The maximum atomic E-state index is 11.1. The van der Waals surface area contributed by atoms with Gasteiger partial charge in [-0.1, -0.05) is 52.3 Å². The molecule has 3 aromatic rings. The quantitative estimate of drug-likeness (QED) is 0.485. The Morgan fingerprint density at radius 3 is 2.39 bits per heavy atom. The van der Waals surface area contributed by atoms with E-state index in [9.17, 15) is 4.79 Å². The first-order valence-corrected chi connectivity index (χ1v) is 9.89. The minimum atomic E-state index is -0.917. The molecule has 0 spiro atoms. The molecular weight excluding hydrogens is 418 g/mol. The molecule has 0 bridgehead atoms. The molecule has 0 saturated heterocycles. The number of nitrogens with zero attached hydrogens (tertiary/aromatic N) is 1. The van der Waals surface area contributed by atoms with Crippen molar-refractivity contribution in [3.63, 3.8) is 0 Å². The third-order valence-corrected chi connectivity index (χ3v) is 4.98. The molecule has 144 valence electrons. The van der Waals surface area contributed by atoms with E-state index in [1.807, 2.05) is 54.6 Å². The molecule has 0 fully saturated rings. The van der Waals surface area contributed by atoms with E-state index in [2.05, 4.69) is 33.8 Å². The topological polar surface area (TPSA) is 49.8 Å². The number of benzene rings is 3. The summed E-state index contributed by atoms with van der Waals surface area (Å²) in [6.07, 6.45) is 0. The summed E-state index contributed by atoms with van der Waals surface area (Å²) in [7, 11) is 0. The smallest absolute Gasteiger partial charge is 0.335 e. The van der Waals surface area contributed by atoms with Crippen LogP contribution in [0.4, 0.5) is 5.69 Å². The largest absolute Gasteiger partial charge is 0.489 e. The monoisotopic (exact) mass is 439 g/mol. The predicted molar refractivity (Wildman–Crippen MR) is 115 cm³/mol. The van der Waals surface area contributed by atoms with Gasteiger partial charge in [0, 0.05) is 28.8 Å². The molecule has 1 N–H and O–H groups in total. The minimum Gasteiger partial charge on any atom is -0.489 e. The average molecular weight is 440 g/mol. The highest BCUT2D eigenvalue weighted by atomic mass is 79.9. The van der Waals surface area contributed by atoms with Crippen LogP contribution in [0.2, 0.25) is 0 Å². The van der Waals surface area contributed by atoms with Crippen LogP contribution in [0.15, 0.2) is 77.3 Å². The Hall–Kier alpha value is -2.79. The first-order valence-electron chi connectivity index (χ1n) is 9.10. The molecule has 0 amide bonds. The summed E-state index contributed by atoms with van der Waals surface area (Å²) in [5.74, 6) is -0.0852. The van der Waals surface area contributed by atoms with Crippen molar-refractivity contribution in [1.82, 2.24) is 0 Å². The number of carboxylic acid groups (broad SMARTS) is 1. The lowest BCUT2D eigenvalue weighted by molar-refractivity contribution is 0.0697. The van der Waals surface area contributed by atoms with E-state index >= 15 is 0 Å². The van der Waals surface area contributed by atoms with E-state index < -0.39 is 5.97 Å². The molecule has 0 radical (unpaired) electrons. The fourth-order valence-electron chi connectivity index (χ4n) is 2.93. The highest BCUT2D eigenvalue weighted by Gasteiger charge is 2.12. The molecule has 0 aliphatic carbocycles. The number of aromatic carboxylic acids is 1. The normalized spacial score (nSPS) is 10.5. The molecule has 3 aromatic carbocycles. The fourth-order valence-corrected chi connectivity index (χ4v) is 3.27. The highest BCUT2D eigenvalue weighted by Crippen LogP contribution is 2.28. The lowest BCUT2D eigenvalue weighted by atomic mass is 10.1. The third kappa shape index (κ3) is 5.14. The molecular formula is C23H22BrNO3. The Morgan fingerprint density at radius 2 is 1.75 bits per heavy atom. The van der Waals surface area contributed by atoms with Crippen molar-refractivity contribution in [1.29, 1.82) is 0 Å². The van der Waals surface area contributed by atoms with Gasteiger partial charge < -0.3 is 14.7 Å². The van der Waals surface area contributed by atoms with Crippen LogP contribution >= 0.6 is 15.9 Å². The molecule has 0 aromatic heterocycles. The molecule has 0 aliphatic rings. The van der Waals surface area contributed by atoms with Crippen molar-refractivity contribution in [2.45, 2.75) is 20.1 Å². The van der Waals surface area contributed by atoms with Gasteiger partial charge in [-0.25, -0.2) is 4.79 Å². The Morgan fingerprint density at radius 1 is 1.04 bits per heavy atom. The number of ether oxygens (including phenoxy) is 1. The fraction of sp³-hybridized carbons (Fsp3) is 0.174. The third-order valence-electron chi connectivity index (χ3n) is 4.49. The Bertz CT molecular complexity index is 926. The number of hydrogen-bond donors (Lipinski definition) is 1. The molecule has 3 rings (SSSR count). The van der Waals surface area contributed by atoms with Crippen LogP contribution in [0.1, 0.15) is 28.4 Å². The van der Waals surface area contributed by atoms with E-state index in [-0.39, 0.29) is 5.56 Å². The van der Waals surface area contributed by atoms with Crippen molar-refractivity contribution >= 4 is 27.6 Å². The van der Waals surface area contributed by atoms with Crippen LogP contribution in [0.5, 0.6) is 5.75 Å². The Balaban J connectivity index is 1.78. The van der Waals surface area contributed by atoms with E-state index in [4.69, 9.17) is 9.84 Å². The lowest BCUT2D eigenvalue weighted by Crippen LogP contribution is -2.22. The van der Waals surface area contributed by atoms with Crippen molar-refractivity contribution in [2.75, 3.05) is 11.4 Å². The van der Waals surface area contributed by atoms with Crippen molar-refractivity contribution in [3.8, 4) is 5.75 Å². The van der Waals surface area contributed by atoms with Gasteiger partial charge >= 0.3 is 5.97 Å². The van der Waals surface area contributed by atoms with Crippen LogP contribution < -0.4 is 9.64 Å². The van der Waals surface area contributed by atoms with Crippen LogP contribution in [0.25, 0.3) is 0 Å². The molecule has 0 unspecified atom stereocenters. The standard InChI is InChI=1S/C23H22BrNO3/c1-2-25(21-12-9-18(10-13-21)23(26)27)15-19-8-11-20(24)14-22(19)28-16-17-6-4-3-5-7-17/h3-14H,2,15-16H2,1H3,(H,26,27). The first kappa shape index (κ1) is 20.0. The molecule has 0 saturated carbocycles. The molecule has 4 nitrogen and oxygen atoms in total. The van der Waals surface area contributed by atoms with Gasteiger partial charge in [-0.05, 0) is 48.9 Å². The van der Waals surface area contributed by atoms with Gasteiger partial charge in [-0.3, -0.25) is 0 Å². The van der Waals surface area contributed by atoms with Gasteiger partial charge in [-0.15, -0.1) is 0 Å². The Labute approximate surface area is 173 Å². The zero-order chi connectivity index (χ0) is 19.9. The van der Waals surface area contributed by atoms with Gasteiger partial charge in [0.2, 0.25) is 0 Å². The minimum absolute atomic E-state index is 0.287. The second-order valence-electron chi connectivity index (χ2n) is 6.39. The summed E-state index contributed by atoms with van der Waals surface area (Å²) < 4.78 is 7.07. The van der Waals surface area contributed by atoms with Crippen LogP contribution in [0.3, 0.4) is 0 Å². The van der Waals surface area contributed by atoms with Crippen LogP contribution in [-0.4, -0.2) is 17.6 Å². The zero-order valence-corrected chi connectivity index (χ0v) is 17.2. The predicted octanol–water partition coefficient (Wildman–Crippen LogP) is 5.75. The molecule has 0 aliphatic heterocycles. The maximum absolute atomic E-state index is 11.1. The van der Waals surface area contributed by atoms with Gasteiger partial charge in [-0.2, -0.15) is 0 Å². The van der Waals surface area contributed by atoms with E-state index in [1.165, 1.54) is 0 Å². The maximum Gasteiger partial charge on any atom is 0.335 e. The van der Waals surface area contributed by atoms with Crippen molar-refractivity contribution < 1.29 is 14.6 Å². The summed E-state index contributed by atoms with van der Waals surface area (Å²) >= 11 is 3.52. The van der Waals surface area contributed by atoms with E-state index in [1.54, 1.807) is 12.1 Å². The van der Waals surface area contributed by atoms with Crippen molar-refractivity contribution in [3.05, 3.63) is 94.0 Å². The number of halogens is 1. The van der Waals surface area contributed by atoms with Crippen molar-refractivity contribution in [2.24, 2.45) is 0 Å². The SMILES string of the molecule is CCN(Cc1ccc(Br)cc1OCc1ccccc1)c1ccc(C(=O)O)cc1. The number of carboxylic acids is 1. The van der Waals surface area contributed by atoms with E-state index in [0.29, 0.717) is 13.2 Å². The number of carbonyl (C=O) groups is 1. The van der Waals surface area contributed by atoms with Crippen LogP contribution in [-0.2, 0) is 13.2 Å². The highest BCUT2D eigenvalue weighted by molar-refractivity contribution is 9.10. The van der Waals surface area contributed by atoms with Gasteiger partial charge in [0.1, 0.15) is 12.4 Å². The molecule has 5 heteroatoms. The number of rotatable bonds is 8. The molecule has 0 heterocycles. The Kier molecular flexibility index (Phi) is 6.71. The second kappa shape index (κ2) is 9.42. The zero-order valence-electron chi connectivity index (χ0n) is 15.6. The molecule has 28 heavy (non-hydrogen) atoms. The summed E-state index contributed by atoms with van der Waals surface area (Å²) in [4.78, 5) is 13.3. The van der Waals surface area contributed by atoms with Crippen LogP contribution in [0, 0.1) is 0 Å². The lowest BCUT2D eigenvalue weighted by Gasteiger charge is -2.25. The summed E-state index contributed by atoms with van der Waals surface area (Å²) in [5, 5.41) is 9.09. The first-order chi connectivity index (χ1) is 13.6. The summed E-state index contributed by atoms with van der Waals surface area (Å²) in [5.41, 5.74) is 3.45. The van der Waals surface area contributed by atoms with Gasteiger partial charge in [0.25, 0.3) is 0 Å². The number of hydrogen-bond acceptors (Lipinski definition) is 3. The summed E-state index contributed by atoms with van der Waals surface area (Å²) in [6, 6.07) is 23.1. The summed E-state index contributed by atoms with van der Waals surface area (Å²) in [6.45, 7) is 4.04. The van der Waals surface area contributed by atoms with Gasteiger partial charge in [0.15, 0.2) is 0 Å². The second-order valence-corrected chi connectivity index (χ2v) is 7.31. The van der Waals surface area contributed by atoms with E-state index in [0.717, 1.165) is 33.6 Å². The molecule has 0 atom stereocenters. The number of anilines is 1. The average Bonchev–Trinajstić information content (AvgIpc) is 2.72.